The average Bonchev–Trinajstić information content (AvgIpc) is 2.95. The molecule has 104 valence electrons. The molecule has 2 heterocycles. The molecule has 2 aromatic rings. The topological polar surface area (TPSA) is 43.8 Å². The first kappa shape index (κ1) is 15.2. The predicted molar refractivity (Wildman–Crippen MR) is 87.6 cm³/mol. The van der Waals surface area contributed by atoms with Crippen LogP contribution in [-0.2, 0) is 19.4 Å². The standard InChI is InChI=1S/C13H17Br2N3S/c1-3-10-12(15)11(18(4-2)17-10)7-9(16)13-8(14)5-6-19-13/h5-6,9H,3-4,7,16H2,1-2H3. The molecule has 2 N–H and O–H groups in total. The summed E-state index contributed by atoms with van der Waals surface area (Å²) in [4.78, 5) is 1.19. The molecule has 3 nitrogen and oxygen atoms in total. The minimum Gasteiger partial charge on any atom is -0.323 e. The van der Waals surface area contributed by atoms with Crippen molar-refractivity contribution >= 4 is 43.2 Å². The van der Waals surface area contributed by atoms with E-state index in [1.807, 2.05) is 10.7 Å². The van der Waals surface area contributed by atoms with Crippen LogP contribution in [0.4, 0.5) is 0 Å². The van der Waals surface area contributed by atoms with Crippen LogP contribution in [0.3, 0.4) is 0 Å². The normalized spacial score (nSPS) is 12.9. The van der Waals surface area contributed by atoms with Gasteiger partial charge < -0.3 is 5.73 Å². The Morgan fingerprint density at radius 1 is 1.42 bits per heavy atom. The van der Waals surface area contributed by atoms with Crippen LogP contribution in [0.15, 0.2) is 20.4 Å². The van der Waals surface area contributed by atoms with E-state index in [-0.39, 0.29) is 6.04 Å². The highest BCUT2D eigenvalue weighted by Gasteiger charge is 2.19. The molecule has 0 saturated carbocycles. The predicted octanol–water partition coefficient (Wildman–Crippen LogP) is 4.29. The van der Waals surface area contributed by atoms with E-state index >= 15 is 0 Å². The SMILES string of the molecule is CCc1nn(CC)c(CC(N)c2sccc2Br)c1Br. The number of hydrogen-bond acceptors (Lipinski definition) is 3. The minimum atomic E-state index is -0.00242. The molecule has 0 aliphatic rings. The zero-order chi connectivity index (χ0) is 14.0. The van der Waals surface area contributed by atoms with Crippen LogP contribution in [0.1, 0.15) is 36.2 Å². The van der Waals surface area contributed by atoms with Crippen LogP contribution >= 0.6 is 43.2 Å². The molecule has 19 heavy (non-hydrogen) atoms. The van der Waals surface area contributed by atoms with Crippen LogP contribution in [0, 0.1) is 0 Å². The fourth-order valence-corrected chi connectivity index (χ4v) is 4.48. The summed E-state index contributed by atoms with van der Waals surface area (Å²) >= 11 is 8.91. The van der Waals surface area contributed by atoms with Crippen molar-refractivity contribution in [2.45, 2.75) is 39.3 Å². The highest BCUT2D eigenvalue weighted by Crippen LogP contribution is 2.32. The molecule has 0 spiro atoms. The van der Waals surface area contributed by atoms with Crippen molar-refractivity contribution < 1.29 is 0 Å². The Kier molecular flexibility index (Phi) is 5.22. The molecule has 0 aliphatic carbocycles. The average molecular weight is 407 g/mol. The quantitative estimate of drug-likeness (QED) is 0.804. The second-order valence-electron chi connectivity index (χ2n) is 4.32. The maximum atomic E-state index is 6.33. The molecule has 0 bridgehead atoms. The molecule has 0 radical (unpaired) electrons. The Hall–Kier alpha value is -0.170. The van der Waals surface area contributed by atoms with Gasteiger partial charge in [-0.05, 0) is 56.7 Å². The number of nitrogens with two attached hydrogens (primary N) is 1. The van der Waals surface area contributed by atoms with E-state index in [1.165, 1.54) is 10.6 Å². The monoisotopic (exact) mass is 405 g/mol. The third-order valence-electron chi connectivity index (χ3n) is 3.09. The van der Waals surface area contributed by atoms with Crippen molar-refractivity contribution in [1.29, 1.82) is 0 Å². The molecule has 1 unspecified atom stereocenters. The first-order valence-electron chi connectivity index (χ1n) is 6.30. The lowest BCUT2D eigenvalue weighted by Crippen LogP contribution is -2.15. The summed E-state index contributed by atoms with van der Waals surface area (Å²) in [5.74, 6) is 0. The highest BCUT2D eigenvalue weighted by atomic mass is 79.9. The Morgan fingerprint density at radius 2 is 2.16 bits per heavy atom. The van der Waals surface area contributed by atoms with Crippen molar-refractivity contribution in [2.75, 3.05) is 0 Å². The molecule has 0 aromatic carbocycles. The van der Waals surface area contributed by atoms with Crippen LogP contribution in [0.2, 0.25) is 0 Å². The van der Waals surface area contributed by atoms with Crippen LogP contribution in [0.5, 0.6) is 0 Å². The van der Waals surface area contributed by atoms with Gasteiger partial charge in [-0.1, -0.05) is 6.92 Å². The van der Waals surface area contributed by atoms with Crippen LogP contribution in [-0.4, -0.2) is 9.78 Å². The van der Waals surface area contributed by atoms with Gasteiger partial charge in [0, 0.05) is 28.4 Å². The van der Waals surface area contributed by atoms with Crippen molar-refractivity contribution in [3.63, 3.8) is 0 Å². The molecular weight excluding hydrogens is 390 g/mol. The van der Waals surface area contributed by atoms with Crippen LogP contribution < -0.4 is 5.73 Å². The van der Waals surface area contributed by atoms with Gasteiger partial charge in [-0.25, -0.2) is 0 Å². The Morgan fingerprint density at radius 3 is 2.68 bits per heavy atom. The van der Waals surface area contributed by atoms with E-state index in [1.54, 1.807) is 11.3 Å². The van der Waals surface area contributed by atoms with Gasteiger partial charge in [0.05, 0.1) is 15.9 Å². The molecule has 0 saturated heterocycles. The molecule has 2 rings (SSSR count). The fourth-order valence-electron chi connectivity index (χ4n) is 2.08. The first-order valence-corrected chi connectivity index (χ1v) is 8.77. The smallest absolute Gasteiger partial charge is 0.0766 e. The lowest BCUT2D eigenvalue weighted by atomic mass is 10.1. The summed E-state index contributed by atoms with van der Waals surface area (Å²) in [6.07, 6.45) is 1.72. The third kappa shape index (κ3) is 3.12. The van der Waals surface area contributed by atoms with E-state index < -0.39 is 0 Å². The van der Waals surface area contributed by atoms with Gasteiger partial charge in [-0.15, -0.1) is 11.3 Å². The van der Waals surface area contributed by atoms with Gasteiger partial charge in [0.1, 0.15) is 0 Å². The summed E-state index contributed by atoms with van der Waals surface area (Å²) < 4.78 is 4.25. The van der Waals surface area contributed by atoms with Crippen LogP contribution in [0.25, 0.3) is 0 Å². The second kappa shape index (κ2) is 6.52. The molecular formula is C13H17Br2N3S. The zero-order valence-electron chi connectivity index (χ0n) is 11.0. The van der Waals surface area contributed by atoms with Gasteiger partial charge in [0.2, 0.25) is 0 Å². The summed E-state index contributed by atoms with van der Waals surface area (Å²) in [6, 6.07) is 2.04. The van der Waals surface area contributed by atoms with E-state index in [9.17, 15) is 0 Å². The van der Waals surface area contributed by atoms with E-state index in [4.69, 9.17) is 5.73 Å². The molecule has 0 amide bonds. The Bertz CT molecular complexity index is 562. The van der Waals surface area contributed by atoms with Crippen molar-refractivity contribution in [2.24, 2.45) is 5.73 Å². The highest BCUT2D eigenvalue weighted by molar-refractivity contribution is 9.10. The van der Waals surface area contributed by atoms with Gasteiger partial charge >= 0.3 is 0 Å². The van der Waals surface area contributed by atoms with Crippen molar-refractivity contribution in [3.05, 3.63) is 36.7 Å². The van der Waals surface area contributed by atoms with Gasteiger partial charge in [0.25, 0.3) is 0 Å². The first-order chi connectivity index (χ1) is 9.08. The molecule has 1 atom stereocenters. The van der Waals surface area contributed by atoms with Gasteiger partial charge in [-0.3, -0.25) is 4.68 Å². The third-order valence-corrected chi connectivity index (χ3v) is 6.01. The number of thiophene rings is 1. The van der Waals surface area contributed by atoms with E-state index in [0.717, 1.165) is 34.0 Å². The number of aromatic nitrogens is 2. The number of rotatable bonds is 5. The fraction of sp³-hybridized carbons (Fsp3) is 0.462. The summed E-state index contributed by atoms with van der Waals surface area (Å²) in [5.41, 5.74) is 8.63. The van der Waals surface area contributed by atoms with Gasteiger partial charge in [-0.2, -0.15) is 5.10 Å². The Balaban J connectivity index is 2.28. The van der Waals surface area contributed by atoms with E-state index in [0.29, 0.717) is 0 Å². The molecule has 0 fully saturated rings. The summed E-state index contributed by atoms with van der Waals surface area (Å²) in [7, 11) is 0. The number of hydrogen-bond donors (Lipinski definition) is 1. The molecule has 0 aliphatic heterocycles. The lowest BCUT2D eigenvalue weighted by molar-refractivity contribution is 0.587. The van der Waals surface area contributed by atoms with Crippen molar-refractivity contribution in [1.82, 2.24) is 9.78 Å². The minimum absolute atomic E-state index is 0.00242. The molecule has 2 aromatic heterocycles. The molecule has 6 heteroatoms. The number of halogens is 2. The maximum absolute atomic E-state index is 6.33. The number of nitrogens with zero attached hydrogens (tertiary/aromatic N) is 2. The largest absolute Gasteiger partial charge is 0.323 e. The number of aryl methyl sites for hydroxylation is 2. The van der Waals surface area contributed by atoms with E-state index in [2.05, 4.69) is 56.2 Å². The zero-order valence-corrected chi connectivity index (χ0v) is 15.0. The second-order valence-corrected chi connectivity index (χ2v) is 6.92. The van der Waals surface area contributed by atoms with Crippen molar-refractivity contribution in [3.8, 4) is 0 Å². The van der Waals surface area contributed by atoms with Gasteiger partial charge in [0.15, 0.2) is 0 Å². The summed E-state index contributed by atoms with van der Waals surface area (Å²) in [5, 5.41) is 6.67. The maximum Gasteiger partial charge on any atom is 0.0766 e. The lowest BCUT2D eigenvalue weighted by Gasteiger charge is -2.12. The Labute approximate surface area is 134 Å². The summed E-state index contributed by atoms with van der Waals surface area (Å²) in [6.45, 7) is 5.09.